The van der Waals surface area contributed by atoms with Gasteiger partial charge in [-0.3, -0.25) is 4.55 Å². The van der Waals surface area contributed by atoms with E-state index in [4.69, 9.17) is 4.55 Å². The average molecular weight is 618 g/mol. The van der Waals surface area contributed by atoms with Gasteiger partial charge in [-0.05, 0) is 12.8 Å². The fourth-order valence-corrected chi connectivity index (χ4v) is 2.55. The first-order valence-corrected chi connectivity index (χ1v) is 10.3. The number of carbonyl (C=O) groups excluding carboxylic acids is 2. The Hall–Kier alpha value is -2.43. The molecule has 0 aromatic rings. The summed E-state index contributed by atoms with van der Waals surface area (Å²) in [5.74, 6) is -20.4. The second-order valence-corrected chi connectivity index (χ2v) is 8.24. The molecule has 0 aliphatic heterocycles. The lowest BCUT2D eigenvalue weighted by Gasteiger charge is -2.34. The van der Waals surface area contributed by atoms with Crippen molar-refractivity contribution in [3.05, 3.63) is 12.4 Å². The standard InChI is InChI=1S/C15H12F14O8S/c1-6(16)7(30)37-11(14(25,26)27,9(31)36-8(12(19,20)21)13(22,23)24)35-5-3-2-4-10(17,18)15(28,29)38(32,33)34/h8H,1-5H2,(H,32,33,34). The van der Waals surface area contributed by atoms with Crippen LogP contribution in [0.3, 0.4) is 0 Å². The Bertz CT molecular complexity index is 971. The number of ether oxygens (including phenoxy) is 3. The van der Waals surface area contributed by atoms with Crippen LogP contribution in [0.2, 0.25) is 0 Å². The predicted octanol–water partition coefficient (Wildman–Crippen LogP) is 4.61. The fraction of sp³-hybridized carbons (Fsp3) is 0.733. The van der Waals surface area contributed by atoms with Gasteiger partial charge >= 0.3 is 57.5 Å². The van der Waals surface area contributed by atoms with Crippen LogP contribution >= 0.6 is 0 Å². The second-order valence-electron chi connectivity index (χ2n) is 6.78. The van der Waals surface area contributed by atoms with E-state index < -0.39 is 95.4 Å². The van der Waals surface area contributed by atoms with Gasteiger partial charge in [0.25, 0.3) is 6.10 Å². The summed E-state index contributed by atoms with van der Waals surface area (Å²) >= 11 is 0. The van der Waals surface area contributed by atoms with E-state index in [1.807, 2.05) is 0 Å². The van der Waals surface area contributed by atoms with Gasteiger partial charge in [0.2, 0.25) is 5.83 Å². The molecule has 0 aliphatic rings. The second kappa shape index (κ2) is 11.4. The summed E-state index contributed by atoms with van der Waals surface area (Å²) in [5.41, 5.74) is 0. The van der Waals surface area contributed by atoms with E-state index in [2.05, 4.69) is 20.8 Å². The summed E-state index contributed by atoms with van der Waals surface area (Å²) in [5, 5.41) is -6.12. The Labute approximate surface area is 201 Å². The molecular formula is C15H12F14O8S. The molecule has 0 amide bonds. The lowest BCUT2D eigenvalue weighted by Crippen LogP contribution is -2.60. The SMILES string of the molecule is C=C(F)C(=O)OC(OCCCCC(F)(F)C(F)(F)S(=O)(=O)O)(C(=O)OC(C(F)(F)F)C(F)(F)F)C(F)(F)F. The zero-order chi connectivity index (χ0) is 30.8. The third-order valence-corrected chi connectivity index (χ3v) is 4.81. The molecule has 0 fully saturated rings. The van der Waals surface area contributed by atoms with Crippen LogP contribution in [0.5, 0.6) is 0 Å². The maximum atomic E-state index is 13.5. The number of alkyl halides is 13. The van der Waals surface area contributed by atoms with E-state index >= 15 is 0 Å². The number of hydrogen-bond donors (Lipinski definition) is 1. The van der Waals surface area contributed by atoms with Gasteiger partial charge in [-0.1, -0.05) is 6.58 Å². The average Bonchev–Trinajstić information content (AvgIpc) is 2.66. The Morgan fingerprint density at radius 1 is 0.842 bits per heavy atom. The van der Waals surface area contributed by atoms with Gasteiger partial charge in [-0.15, -0.1) is 0 Å². The summed E-state index contributed by atoms with van der Waals surface area (Å²) in [6, 6.07) is 0. The zero-order valence-electron chi connectivity index (χ0n) is 17.6. The Morgan fingerprint density at radius 2 is 1.29 bits per heavy atom. The molecule has 1 N–H and O–H groups in total. The van der Waals surface area contributed by atoms with Crippen LogP contribution in [-0.4, -0.2) is 73.1 Å². The van der Waals surface area contributed by atoms with Crippen molar-refractivity contribution in [1.29, 1.82) is 0 Å². The van der Waals surface area contributed by atoms with E-state index in [0.717, 1.165) is 0 Å². The Balaban J connectivity index is 6.11. The maximum Gasteiger partial charge on any atom is 0.468 e. The number of esters is 2. The molecule has 0 radical (unpaired) electrons. The van der Waals surface area contributed by atoms with E-state index in [1.165, 1.54) is 0 Å². The predicted molar refractivity (Wildman–Crippen MR) is 88.4 cm³/mol. The van der Waals surface area contributed by atoms with E-state index in [9.17, 15) is 79.5 Å². The molecule has 8 nitrogen and oxygen atoms in total. The van der Waals surface area contributed by atoms with Crippen molar-refractivity contribution in [3.8, 4) is 0 Å². The van der Waals surface area contributed by atoms with Gasteiger partial charge in [0.1, 0.15) is 0 Å². The summed E-state index contributed by atoms with van der Waals surface area (Å²) in [6.07, 6.45) is -30.3. The van der Waals surface area contributed by atoms with Crippen LogP contribution in [0, 0.1) is 0 Å². The molecule has 38 heavy (non-hydrogen) atoms. The molecule has 0 rings (SSSR count). The molecule has 23 heteroatoms. The van der Waals surface area contributed by atoms with Crippen molar-refractivity contribution in [2.24, 2.45) is 0 Å². The van der Waals surface area contributed by atoms with Crippen LogP contribution < -0.4 is 0 Å². The largest absolute Gasteiger partial charge is 0.468 e. The van der Waals surface area contributed by atoms with Gasteiger partial charge in [0.15, 0.2) is 0 Å². The highest BCUT2D eigenvalue weighted by atomic mass is 32.2. The smallest absolute Gasteiger partial charge is 0.438 e. The number of halogens is 14. The lowest BCUT2D eigenvalue weighted by molar-refractivity contribution is -0.369. The molecule has 0 heterocycles. The summed E-state index contributed by atoms with van der Waals surface area (Å²) in [7, 11) is -6.72. The first kappa shape index (κ1) is 35.6. The van der Waals surface area contributed by atoms with Crippen molar-refractivity contribution in [1.82, 2.24) is 0 Å². The third-order valence-electron chi connectivity index (χ3n) is 3.86. The van der Waals surface area contributed by atoms with Crippen LogP contribution in [0.25, 0.3) is 0 Å². The molecule has 0 saturated carbocycles. The molecule has 0 bridgehead atoms. The molecule has 1 unspecified atom stereocenters. The van der Waals surface area contributed by atoms with Crippen LogP contribution in [0.4, 0.5) is 61.5 Å². The van der Waals surface area contributed by atoms with Crippen LogP contribution in [0.15, 0.2) is 12.4 Å². The Morgan fingerprint density at radius 3 is 1.63 bits per heavy atom. The molecule has 0 spiro atoms. The zero-order valence-corrected chi connectivity index (χ0v) is 18.4. The number of rotatable bonds is 12. The van der Waals surface area contributed by atoms with Crippen molar-refractivity contribution < 1.29 is 98.2 Å². The van der Waals surface area contributed by atoms with Gasteiger partial charge in [0, 0.05) is 6.42 Å². The van der Waals surface area contributed by atoms with Gasteiger partial charge in [-0.25, -0.2) is 9.59 Å². The summed E-state index contributed by atoms with van der Waals surface area (Å²) in [4.78, 5) is 23.1. The molecule has 0 aliphatic carbocycles. The normalized spacial score (nSPS) is 15.7. The molecule has 0 saturated heterocycles. The van der Waals surface area contributed by atoms with Crippen molar-refractivity contribution in [2.45, 2.75) is 60.9 Å². The Kier molecular flexibility index (Phi) is 10.6. The van der Waals surface area contributed by atoms with Crippen LogP contribution in [0.1, 0.15) is 19.3 Å². The maximum absolute atomic E-state index is 13.5. The van der Waals surface area contributed by atoms with Crippen molar-refractivity contribution >= 4 is 22.1 Å². The fourth-order valence-electron chi connectivity index (χ4n) is 2.07. The number of carbonyl (C=O) groups is 2. The minimum absolute atomic E-state index is 1.40. The topological polar surface area (TPSA) is 116 Å². The highest BCUT2D eigenvalue weighted by Crippen LogP contribution is 2.43. The summed E-state index contributed by atoms with van der Waals surface area (Å²) < 4.78 is 221. The highest BCUT2D eigenvalue weighted by molar-refractivity contribution is 7.87. The first-order valence-electron chi connectivity index (χ1n) is 8.90. The van der Waals surface area contributed by atoms with E-state index in [1.54, 1.807) is 0 Å². The highest BCUT2D eigenvalue weighted by Gasteiger charge is 2.71. The first-order chi connectivity index (χ1) is 16.5. The minimum Gasteiger partial charge on any atom is -0.438 e. The summed E-state index contributed by atoms with van der Waals surface area (Å²) in [6.45, 7) is 0.166. The molecule has 0 aromatic heterocycles. The van der Waals surface area contributed by atoms with Crippen molar-refractivity contribution in [3.63, 3.8) is 0 Å². The van der Waals surface area contributed by atoms with Gasteiger partial charge in [0.05, 0.1) is 6.61 Å². The van der Waals surface area contributed by atoms with E-state index in [-0.39, 0.29) is 0 Å². The quantitative estimate of drug-likeness (QED) is 0.0843. The molecule has 1 atom stereocenters. The molecule has 224 valence electrons. The molecule has 0 aromatic carbocycles. The van der Waals surface area contributed by atoms with Gasteiger partial charge in [-0.2, -0.15) is 69.9 Å². The lowest BCUT2D eigenvalue weighted by atomic mass is 10.1. The van der Waals surface area contributed by atoms with Crippen LogP contribution in [-0.2, 0) is 33.9 Å². The minimum atomic E-state index is -6.72. The monoisotopic (exact) mass is 618 g/mol. The van der Waals surface area contributed by atoms with Gasteiger partial charge < -0.3 is 14.2 Å². The van der Waals surface area contributed by atoms with Crippen molar-refractivity contribution in [2.75, 3.05) is 6.61 Å². The number of hydrogen-bond acceptors (Lipinski definition) is 7. The third kappa shape index (κ3) is 8.28. The number of unbranched alkanes of at least 4 members (excludes halogenated alkanes) is 1. The van der Waals surface area contributed by atoms with E-state index in [0.29, 0.717) is 0 Å². The molecular weight excluding hydrogens is 606 g/mol.